The molecule has 0 radical (unpaired) electrons. The van der Waals surface area contributed by atoms with Crippen LogP contribution in [0.25, 0.3) is 22.3 Å². The van der Waals surface area contributed by atoms with Gasteiger partial charge in [0.15, 0.2) is 5.43 Å². The van der Waals surface area contributed by atoms with Crippen LogP contribution in [0.4, 0.5) is 0 Å². The highest BCUT2D eigenvalue weighted by Gasteiger charge is 2.18. The molecule has 0 aliphatic heterocycles. The summed E-state index contributed by atoms with van der Waals surface area (Å²) in [6.45, 7) is 1.54. The zero-order valence-corrected chi connectivity index (χ0v) is 14.4. The smallest absolute Gasteiger partial charge is 0.197 e. The molecule has 0 fully saturated rings. The molecule has 0 atom stereocenters. The van der Waals surface area contributed by atoms with Gasteiger partial charge in [-0.15, -0.1) is 0 Å². The molecule has 0 saturated heterocycles. The van der Waals surface area contributed by atoms with E-state index in [2.05, 4.69) is 0 Å². The summed E-state index contributed by atoms with van der Waals surface area (Å²) < 4.78 is 5.60. The van der Waals surface area contributed by atoms with Crippen molar-refractivity contribution in [2.24, 2.45) is 0 Å². The first-order valence-electron chi connectivity index (χ1n) is 8.12. The molecule has 1 heterocycles. The minimum atomic E-state index is -0.555. The van der Waals surface area contributed by atoms with E-state index in [4.69, 9.17) is 9.52 Å². The molecule has 0 amide bonds. The molecule has 0 spiro atoms. The largest absolute Gasteiger partial charge is 0.508 e. The molecule has 0 saturated carbocycles. The summed E-state index contributed by atoms with van der Waals surface area (Å²) in [6.07, 6.45) is 1.75. The first-order valence-corrected chi connectivity index (χ1v) is 8.12. The SMILES string of the molecule is CC(=CCc1c(O)cc2oc(-c3ccc(O)cc3O)cc(=O)c2c1O)CO. The lowest BCUT2D eigenvalue weighted by molar-refractivity contribution is 0.331. The number of benzene rings is 2. The van der Waals surface area contributed by atoms with Crippen LogP contribution in [0.2, 0.25) is 0 Å². The van der Waals surface area contributed by atoms with Crippen molar-refractivity contribution in [2.75, 3.05) is 6.61 Å². The molecule has 7 nitrogen and oxygen atoms in total. The molecule has 1 aromatic heterocycles. The van der Waals surface area contributed by atoms with E-state index in [1.54, 1.807) is 13.0 Å². The molecule has 140 valence electrons. The molecule has 2 aromatic carbocycles. The number of aromatic hydroxyl groups is 4. The normalized spacial score (nSPS) is 11.9. The maximum absolute atomic E-state index is 12.5. The fourth-order valence-corrected chi connectivity index (χ4v) is 2.73. The quantitative estimate of drug-likeness (QED) is 0.446. The van der Waals surface area contributed by atoms with Gasteiger partial charge in [0, 0.05) is 23.8 Å². The van der Waals surface area contributed by atoms with E-state index < -0.39 is 11.2 Å². The lowest BCUT2D eigenvalue weighted by Gasteiger charge is -2.10. The summed E-state index contributed by atoms with van der Waals surface area (Å²) in [4.78, 5) is 12.5. The zero-order chi connectivity index (χ0) is 19.7. The number of aliphatic hydroxyl groups excluding tert-OH is 1. The monoisotopic (exact) mass is 370 g/mol. The zero-order valence-electron chi connectivity index (χ0n) is 14.4. The van der Waals surface area contributed by atoms with Crippen LogP contribution in [-0.2, 0) is 6.42 Å². The Morgan fingerprint density at radius 1 is 1.07 bits per heavy atom. The van der Waals surface area contributed by atoms with Gasteiger partial charge in [0.2, 0.25) is 0 Å². The molecule has 27 heavy (non-hydrogen) atoms. The number of phenols is 4. The topological polar surface area (TPSA) is 131 Å². The average Bonchev–Trinajstić information content (AvgIpc) is 2.60. The van der Waals surface area contributed by atoms with Crippen LogP contribution in [0.1, 0.15) is 12.5 Å². The van der Waals surface area contributed by atoms with E-state index in [-0.39, 0.29) is 58.1 Å². The van der Waals surface area contributed by atoms with Gasteiger partial charge in [0.25, 0.3) is 0 Å². The number of hydrogen-bond donors (Lipinski definition) is 5. The molecule has 0 aliphatic carbocycles. The van der Waals surface area contributed by atoms with E-state index in [0.29, 0.717) is 5.57 Å². The van der Waals surface area contributed by atoms with Crippen LogP contribution < -0.4 is 5.43 Å². The lowest BCUT2D eigenvalue weighted by Crippen LogP contribution is -2.02. The van der Waals surface area contributed by atoms with Gasteiger partial charge in [0.05, 0.1) is 12.2 Å². The molecule has 0 unspecified atom stereocenters. The van der Waals surface area contributed by atoms with Gasteiger partial charge in [-0.05, 0) is 25.5 Å². The Bertz CT molecular complexity index is 1110. The van der Waals surface area contributed by atoms with Crippen molar-refractivity contribution in [1.82, 2.24) is 0 Å². The third-order valence-electron chi connectivity index (χ3n) is 4.23. The van der Waals surface area contributed by atoms with Crippen molar-refractivity contribution in [3.63, 3.8) is 0 Å². The van der Waals surface area contributed by atoms with E-state index >= 15 is 0 Å². The van der Waals surface area contributed by atoms with Gasteiger partial charge >= 0.3 is 0 Å². The van der Waals surface area contributed by atoms with Crippen molar-refractivity contribution in [1.29, 1.82) is 0 Å². The van der Waals surface area contributed by atoms with Gasteiger partial charge in [-0.1, -0.05) is 11.6 Å². The molecule has 7 heteroatoms. The van der Waals surface area contributed by atoms with Crippen molar-refractivity contribution in [3.05, 3.63) is 57.8 Å². The third kappa shape index (κ3) is 3.45. The molecule has 3 aromatic rings. The highest BCUT2D eigenvalue weighted by Crippen LogP contribution is 2.38. The second-order valence-electron chi connectivity index (χ2n) is 6.19. The molecule has 3 rings (SSSR count). The van der Waals surface area contributed by atoms with Crippen molar-refractivity contribution in [2.45, 2.75) is 13.3 Å². The Kier molecular flexibility index (Phi) is 4.79. The number of aliphatic hydroxyl groups is 1. The summed E-state index contributed by atoms with van der Waals surface area (Å²) >= 11 is 0. The second-order valence-corrected chi connectivity index (χ2v) is 6.19. The van der Waals surface area contributed by atoms with Gasteiger partial charge in [-0.25, -0.2) is 0 Å². The van der Waals surface area contributed by atoms with E-state index in [9.17, 15) is 25.2 Å². The van der Waals surface area contributed by atoms with Crippen molar-refractivity contribution >= 4 is 11.0 Å². The molecular weight excluding hydrogens is 352 g/mol. The Hall–Kier alpha value is -3.45. The van der Waals surface area contributed by atoms with Crippen LogP contribution in [0.5, 0.6) is 23.0 Å². The van der Waals surface area contributed by atoms with Crippen molar-refractivity contribution in [3.8, 4) is 34.3 Å². The Morgan fingerprint density at radius 3 is 2.48 bits per heavy atom. The summed E-state index contributed by atoms with van der Waals surface area (Å²) in [5.74, 6) is -1.08. The second kappa shape index (κ2) is 7.05. The predicted molar refractivity (Wildman–Crippen MR) is 99.1 cm³/mol. The first-order chi connectivity index (χ1) is 12.8. The Balaban J connectivity index is 2.19. The maximum atomic E-state index is 12.5. The van der Waals surface area contributed by atoms with E-state index in [1.165, 1.54) is 18.2 Å². The highest BCUT2D eigenvalue weighted by atomic mass is 16.3. The summed E-state index contributed by atoms with van der Waals surface area (Å²) in [6, 6.07) is 6.14. The highest BCUT2D eigenvalue weighted by molar-refractivity contribution is 5.88. The lowest BCUT2D eigenvalue weighted by atomic mass is 10.0. The minimum absolute atomic E-state index is 0.0209. The van der Waals surface area contributed by atoms with Gasteiger partial charge in [-0.3, -0.25) is 4.79 Å². The number of allylic oxidation sites excluding steroid dienone is 1. The fourth-order valence-electron chi connectivity index (χ4n) is 2.73. The molecular formula is C20H18O7. The summed E-state index contributed by atoms with van der Waals surface area (Å²) in [5, 5.41) is 49.0. The van der Waals surface area contributed by atoms with E-state index in [1.807, 2.05) is 0 Å². The predicted octanol–water partition coefficient (Wildman–Crippen LogP) is 2.76. The van der Waals surface area contributed by atoms with Crippen LogP contribution >= 0.6 is 0 Å². The number of hydrogen-bond acceptors (Lipinski definition) is 7. The number of phenolic OH excluding ortho intramolecular Hbond substituents is 4. The number of fused-ring (bicyclic) bond motifs is 1. The summed E-state index contributed by atoms with van der Waals surface area (Å²) in [7, 11) is 0. The average molecular weight is 370 g/mol. The Morgan fingerprint density at radius 2 is 1.81 bits per heavy atom. The van der Waals surface area contributed by atoms with Crippen LogP contribution in [-0.4, -0.2) is 32.1 Å². The van der Waals surface area contributed by atoms with Gasteiger partial charge < -0.3 is 29.9 Å². The first kappa shape index (κ1) is 18.3. The van der Waals surface area contributed by atoms with Gasteiger partial charge in [-0.2, -0.15) is 0 Å². The van der Waals surface area contributed by atoms with Crippen molar-refractivity contribution < 1.29 is 29.9 Å². The molecule has 0 bridgehead atoms. The minimum Gasteiger partial charge on any atom is -0.508 e. The fraction of sp³-hybridized carbons (Fsp3) is 0.150. The van der Waals surface area contributed by atoms with Gasteiger partial charge in [0.1, 0.15) is 39.7 Å². The Labute approximate surface area is 153 Å². The number of rotatable bonds is 4. The third-order valence-corrected chi connectivity index (χ3v) is 4.23. The molecule has 5 N–H and O–H groups in total. The van der Waals surface area contributed by atoms with Crippen LogP contribution in [0.15, 0.2) is 51.2 Å². The van der Waals surface area contributed by atoms with Crippen LogP contribution in [0.3, 0.4) is 0 Å². The summed E-state index contributed by atoms with van der Waals surface area (Å²) in [5.41, 5.74) is 0.366. The molecule has 0 aliphatic rings. The van der Waals surface area contributed by atoms with Crippen LogP contribution in [0, 0.1) is 0 Å². The standard InChI is InChI=1S/C20H18O7/c1-10(9-21)2-4-13-15(24)7-18-19(20(13)26)16(25)8-17(27-18)12-5-3-11(22)6-14(12)23/h2-3,5-8,21-24,26H,4,9H2,1H3. The maximum Gasteiger partial charge on any atom is 0.197 e. The van der Waals surface area contributed by atoms with E-state index in [0.717, 1.165) is 12.1 Å².